The smallest absolute Gasteiger partial charge is 0.310 e. The SMILES string of the molecule is CC(OC(=O)CC1Oc2ccccc2NC1=O)C(=O)Nc1ccc(N2CCCCC2)cc1. The second-order valence-electron chi connectivity index (χ2n) is 8.01. The first-order chi connectivity index (χ1) is 15.5. The molecule has 1 fully saturated rings. The number of hydrogen-bond donors (Lipinski definition) is 2. The number of benzene rings is 2. The maximum atomic E-state index is 12.4. The molecule has 0 bridgehead atoms. The van der Waals surface area contributed by atoms with Crippen LogP contribution in [0.15, 0.2) is 48.5 Å². The molecular formula is C24H27N3O5. The zero-order chi connectivity index (χ0) is 22.5. The topological polar surface area (TPSA) is 97.0 Å². The van der Waals surface area contributed by atoms with Gasteiger partial charge in [0.15, 0.2) is 12.2 Å². The van der Waals surface area contributed by atoms with Gasteiger partial charge in [-0.05, 0) is 62.6 Å². The Morgan fingerprint density at radius 1 is 1.12 bits per heavy atom. The van der Waals surface area contributed by atoms with Crippen LogP contribution in [0, 0.1) is 0 Å². The average molecular weight is 437 g/mol. The molecule has 2 N–H and O–H groups in total. The van der Waals surface area contributed by atoms with Crippen LogP contribution in [0.1, 0.15) is 32.6 Å². The number of carbonyl (C=O) groups is 3. The zero-order valence-corrected chi connectivity index (χ0v) is 18.0. The van der Waals surface area contributed by atoms with E-state index in [-0.39, 0.29) is 6.42 Å². The normalized spacial score (nSPS) is 18.6. The van der Waals surface area contributed by atoms with Crippen LogP contribution < -0.4 is 20.3 Å². The van der Waals surface area contributed by atoms with Gasteiger partial charge in [0.25, 0.3) is 11.8 Å². The zero-order valence-electron chi connectivity index (χ0n) is 18.0. The van der Waals surface area contributed by atoms with Crippen molar-refractivity contribution in [2.75, 3.05) is 28.6 Å². The molecule has 2 unspecified atom stereocenters. The van der Waals surface area contributed by atoms with Gasteiger partial charge in [0, 0.05) is 24.5 Å². The Morgan fingerprint density at radius 2 is 1.84 bits per heavy atom. The highest BCUT2D eigenvalue weighted by atomic mass is 16.6. The first-order valence-electron chi connectivity index (χ1n) is 10.9. The maximum Gasteiger partial charge on any atom is 0.310 e. The molecular weight excluding hydrogens is 410 g/mol. The summed E-state index contributed by atoms with van der Waals surface area (Å²) in [5.74, 6) is -1.06. The predicted octanol–water partition coefficient (Wildman–Crippen LogP) is 3.34. The van der Waals surface area contributed by atoms with Crippen LogP contribution in [0.3, 0.4) is 0 Å². The van der Waals surface area contributed by atoms with E-state index in [1.807, 2.05) is 24.3 Å². The van der Waals surface area contributed by atoms with Crippen molar-refractivity contribution in [1.29, 1.82) is 0 Å². The number of amides is 2. The van der Waals surface area contributed by atoms with Crippen molar-refractivity contribution < 1.29 is 23.9 Å². The second kappa shape index (κ2) is 9.72. The van der Waals surface area contributed by atoms with Gasteiger partial charge in [-0.2, -0.15) is 0 Å². The number of nitrogens with one attached hydrogen (secondary N) is 2. The monoisotopic (exact) mass is 437 g/mol. The Bertz CT molecular complexity index is 985. The molecule has 2 heterocycles. The van der Waals surface area contributed by atoms with Gasteiger partial charge in [-0.3, -0.25) is 14.4 Å². The van der Waals surface area contributed by atoms with Crippen molar-refractivity contribution in [2.24, 2.45) is 0 Å². The molecule has 2 aromatic carbocycles. The molecule has 2 aromatic rings. The Morgan fingerprint density at radius 3 is 2.59 bits per heavy atom. The molecule has 0 radical (unpaired) electrons. The minimum absolute atomic E-state index is 0.289. The molecule has 8 heteroatoms. The largest absolute Gasteiger partial charge is 0.478 e. The van der Waals surface area contributed by atoms with Crippen LogP contribution >= 0.6 is 0 Å². The van der Waals surface area contributed by atoms with E-state index < -0.39 is 30.0 Å². The third-order valence-electron chi connectivity index (χ3n) is 5.59. The van der Waals surface area contributed by atoms with E-state index in [0.717, 1.165) is 18.8 Å². The minimum Gasteiger partial charge on any atom is -0.478 e. The van der Waals surface area contributed by atoms with Crippen molar-refractivity contribution >= 4 is 34.8 Å². The van der Waals surface area contributed by atoms with E-state index in [2.05, 4.69) is 15.5 Å². The summed E-state index contributed by atoms with van der Waals surface area (Å²) < 4.78 is 10.8. The van der Waals surface area contributed by atoms with Crippen molar-refractivity contribution in [3.63, 3.8) is 0 Å². The third-order valence-corrected chi connectivity index (χ3v) is 5.59. The lowest BCUT2D eigenvalue weighted by Gasteiger charge is -2.28. The van der Waals surface area contributed by atoms with Gasteiger partial charge >= 0.3 is 5.97 Å². The summed E-state index contributed by atoms with van der Waals surface area (Å²) in [5.41, 5.74) is 2.32. The molecule has 0 spiro atoms. The minimum atomic E-state index is -1.01. The van der Waals surface area contributed by atoms with E-state index in [1.165, 1.54) is 26.2 Å². The number of ether oxygens (including phenoxy) is 2. The quantitative estimate of drug-likeness (QED) is 0.673. The van der Waals surface area contributed by atoms with Gasteiger partial charge in [-0.25, -0.2) is 0 Å². The highest BCUT2D eigenvalue weighted by molar-refractivity contribution is 6.00. The highest BCUT2D eigenvalue weighted by Crippen LogP contribution is 2.29. The van der Waals surface area contributed by atoms with Gasteiger partial charge in [-0.15, -0.1) is 0 Å². The molecule has 2 aliphatic rings. The standard InChI is InChI=1S/C24H27N3O5/c1-16(23(29)25-17-9-11-18(12-10-17)27-13-5-2-6-14-27)31-22(28)15-21-24(30)26-19-7-3-4-8-20(19)32-21/h3-4,7-12,16,21H,2,5-6,13-15H2,1H3,(H,25,29)(H,26,30). The number of hydrogen-bond acceptors (Lipinski definition) is 6. The summed E-state index contributed by atoms with van der Waals surface area (Å²) in [5, 5.41) is 5.46. The summed E-state index contributed by atoms with van der Waals surface area (Å²) >= 11 is 0. The molecule has 2 amide bonds. The number of esters is 1. The summed E-state index contributed by atoms with van der Waals surface area (Å²) in [6.07, 6.45) is 1.36. The van der Waals surface area contributed by atoms with Gasteiger partial charge in [0.1, 0.15) is 5.75 Å². The van der Waals surface area contributed by atoms with Crippen LogP contribution in [0.25, 0.3) is 0 Å². The molecule has 32 heavy (non-hydrogen) atoms. The molecule has 1 saturated heterocycles. The first-order valence-corrected chi connectivity index (χ1v) is 10.9. The third kappa shape index (κ3) is 5.19. The van der Waals surface area contributed by atoms with E-state index in [4.69, 9.17) is 9.47 Å². The van der Waals surface area contributed by atoms with Crippen molar-refractivity contribution in [3.8, 4) is 5.75 Å². The number of nitrogens with zero attached hydrogens (tertiary/aromatic N) is 1. The van der Waals surface area contributed by atoms with Gasteiger partial charge in [0.2, 0.25) is 0 Å². The van der Waals surface area contributed by atoms with Gasteiger partial charge in [-0.1, -0.05) is 12.1 Å². The number of para-hydroxylation sites is 2. The number of fused-ring (bicyclic) bond motifs is 1. The van der Waals surface area contributed by atoms with E-state index in [9.17, 15) is 14.4 Å². The van der Waals surface area contributed by atoms with Crippen molar-refractivity contribution in [1.82, 2.24) is 0 Å². The second-order valence-corrected chi connectivity index (χ2v) is 8.01. The fourth-order valence-corrected chi connectivity index (χ4v) is 3.83. The molecule has 2 aliphatic heterocycles. The summed E-state index contributed by atoms with van der Waals surface area (Å²) in [4.78, 5) is 39.2. The van der Waals surface area contributed by atoms with Gasteiger partial charge in [0.05, 0.1) is 12.1 Å². The Labute approximate surface area is 186 Å². The average Bonchev–Trinajstić information content (AvgIpc) is 2.80. The summed E-state index contributed by atoms with van der Waals surface area (Å²) in [6.45, 7) is 3.59. The van der Waals surface area contributed by atoms with E-state index in [1.54, 1.807) is 24.3 Å². The van der Waals surface area contributed by atoms with Crippen molar-refractivity contribution in [3.05, 3.63) is 48.5 Å². The Balaban J connectivity index is 1.27. The molecule has 8 nitrogen and oxygen atoms in total. The number of carbonyl (C=O) groups excluding carboxylic acids is 3. The first kappa shape index (κ1) is 21.7. The molecule has 2 atom stereocenters. The van der Waals surface area contributed by atoms with Crippen LogP contribution in [-0.4, -0.2) is 43.1 Å². The fourth-order valence-electron chi connectivity index (χ4n) is 3.83. The van der Waals surface area contributed by atoms with Crippen LogP contribution in [-0.2, 0) is 19.1 Å². The lowest BCUT2D eigenvalue weighted by Crippen LogP contribution is -2.40. The van der Waals surface area contributed by atoms with E-state index in [0.29, 0.717) is 17.1 Å². The highest BCUT2D eigenvalue weighted by Gasteiger charge is 2.31. The van der Waals surface area contributed by atoms with Crippen LogP contribution in [0.2, 0.25) is 0 Å². The van der Waals surface area contributed by atoms with E-state index >= 15 is 0 Å². The summed E-state index contributed by atoms with van der Waals surface area (Å²) in [6, 6.07) is 14.6. The Kier molecular flexibility index (Phi) is 6.58. The van der Waals surface area contributed by atoms with Crippen LogP contribution in [0.4, 0.5) is 17.1 Å². The van der Waals surface area contributed by atoms with Crippen molar-refractivity contribution in [2.45, 2.75) is 44.8 Å². The number of rotatable bonds is 6. The number of anilines is 3. The molecule has 0 aromatic heterocycles. The molecule has 0 aliphatic carbocycles. The molecule has 4 rings (SSSR count). The lowest BCUT2D eigenvalue weighted by molar-refractivity contribution is -0.155. The Hall–Kier alpha value is -3.55. The van der Waals surface area contributed by atoms with Crippen LogP contribution in [0.5, 0.6) is 5.75 Å². The lowest BCUT2D eigenvalue weighted by atomic mass is 10.1. The maximum absolute atomic E-state index is 12.4. The number of piperidine rings is 1. The molecule has 168 valence electrons. The summed E-state index contributed by atoms with van der Waals surface area (Å²) in [7, 11) is 0. The predicted molar refractivity (Wildman–Crippen MR) is 121 cm³/mol. The molecule has 0 saturated carbocycles. The fraction of sp³-hybridized carbons (Fsp3) is 0.375. The van der Waals surface area contributed by atoms with Gasteiger partial charge < -0.3 is 25.0 Å².